The number of aromatic nitrogens is 7. The van der Waals surface area contributed by atoms with Crippen molar-refractivity contribution in [2.45, 2.75) is 34.6 Å². The molecule has 5 aromatic heterocycles. The van der Waals surface area contributed by atoms with E-state index in [2.05, 4.69) is 55.9 Å². The molecule has 0 spiro atoms. The van der Waals surface area contributed by atoms with Crippen molar-refractivity contribution in [1.82, 2.24) is 34.5 Å². The summed E-state index contributed by atoms with van der Waals surface area (Å²) in [6.07, 6.45) is 1.23. The van der Waals surface area contributed by atoms with Crippen molar-refractivity contribution in [1.29, 1.82) is 0 Å². The second-order valence-electron chi connectivity index (χ2n) is 10.9. The summed E-state index contributed by atoms with van der Waals surface area (Å²) >= 11 is 2.13. The van der Waals surface area contributed by atoms with Crippen LogP contribution in [0.3, 0.4) is 0 Å². The first-order chi connectivity index (χ1) is 25.7. The third kappa shape index (κ3) is 7.45. The van der Waals surface area contributed by atoms with E-state index in [1.807, 2.05) is 0 Å². The third-order valence-electron chi connectivity index (χ3n) is 7.34. The van der Waals surface area contributed by atoms with Crippen molar-refractivity contribution in [3.8, 4) is 17.9 Å². The molecule has 54 heavy (non-hydrogen) atoms. The van der Waals surface area contributed by atoms with Gasteiger partial charge in [-0.15, -0.1) is 20.5 Å². The van der Waals surface area contributed by atoms with Crippen LogP contribution in [0.15, 0.2) is 25.4 Å². The monoisotopic (exact) mass is 779 g/mol. The third-order valence-corrected chi connectivity index (χ3v) is 9.51. The number of nitrogen functional groups attached to an aromatic ring is 2. The molecule has 0 aliphatic heterocycles. The lowest BCUT2D eigenvalue weighted by molar-refractivity contribution is -0.114. The predicted octanol–water partition coefficient (Wildman–Crippen LogP) is 5.44. The van der Waals surface area contributed by atoms with E-state index in [4.69, 9.17) is 30.4 Å². The van der Waals surface area contributed by atoms with E-state index >= 15 is 0 Å². The number of amides is 1. The Morgan fingerprint density at radius 3 is 1.69 bits per heavy atom. The molecule has 0 unspecified atom stereocenters. The van der Waals surface area contributed by atoms with Crippen LogP contribution in [0.1, 0.15) is 50.2 Å². The van der Waals surface area contributed by atoms with E-state index in [0.717, 1.165) is 22.7 Å². The molecule has 0 radical (unpaired) electrons. The SMILES string of the molecule is COC=Nc1sc(N=Nc2c(C)nn(-c3nc(OC)nc(-n4nc(C)c(N=Nc5sc(NC(C)=O)c(C)c5C(=O)OC)c4N)n3)c2N)c(C(=O)OC)c1C. The molecule has 22 nitrogen and oxygen atoms in total. The number of methoxy groups -OCH3 is 4. The summed E-state index contributed by atoms with van der Waals surface area (Å²) in [4.78, 5) is 54.2. The average molecular weight is 780 g/mol. The van der Waals surface area contributed by atoms with Crippen LogP contribution in [0.4, 0.5) is 43.0 Å². The van der Waals surface area contributed by atoms with Gasteiger partial charge in [-0.05, 0) is 27.7 Å². The second-order valence-corrected chi connectivity index (χ2v) is 12.8. The fourth-order valence-corrected chi connectivity index (χ4v) is 6.76. The number of esters is 2. The van der Waals surface area contributed by atoms with Crippen LogP contribution in [0, 0.1) is 27.7 Å². The average Bonchev–Trinajstić information content (AvgIpc) is 3.83. The first kappa shape index (κ1) is 38.5. The molecule has 5 rings (SSSR count). The minimum atomic E-state index is -0.661. The number of hydrogen-bond donors (Lipinski definition) is 3. The maximum absolute atomic E-state index is 12.6. The zero-order chi connectivity index (χ0) is 39.4. The van der Waals surface area contributed by atoms with E-state index < -0.39 is 11.9 Å². The molecule has 0 bridgehead atoms. The van der Waals surface area contributed by atoms with Crippen LogP contribution >= 0.6 is 22.7 Å². The minimum absolute atomic E-state index is 0.00799. The minimum Gasteiger partial charge on any atom is -0.486 e. The van der Waals surface area contributed by atoms with Gasteiger partial charge in [0.05, 0.1) is 39.8 Å². The van der Waals surface area contributed by atoms with E-state index in [1.54, 1.807) is 27.7 Å². The lowest BCUT2D eigenvalue weighted by Crippen LogP contribution is -2.14. The summed E-state index contributed by atoms with van der Waals surface area (Å²) in [7, 11) is 5.28. The Kier molecular flexibility index (Phi) is 11.4. The normalized spacial score (nSPS) is 11.6. The number of nitrogens with zero attached hydrogens (tertiary/aromatic N) is 12. The molecule has 0 aliphatic carbocycles. The number of nitrogens with one attached hydrogen (secondary N) is 1. The molecule has 0 aromatic carbocycles. The van der Waals surface area contributed by atoms with Crippen LogP contribution in [-0.2, 0) is 19.0 Å². The van der Waals surface area contributed by atoms with E-state index in [1.165, 1.54) is 51.1 Å². The summed E-state index contributed by atoms with van der Waals surface area (Å²) in [6.45, 7) is 7.96. The largest absolute Gasteiger partial charge is 0.486 e. The van der Waals surface area contributed by atoms with Crippen molar-refractivity contribution in [2.75, 3.05) is 45.2 Å². The van der Waals surface area contributed by atoms with Crippen LogP contribution in [-0.4, -0.2) is 87.2 Å². The standard InChI is InChI=1S/C30H33N15O7S2/c1-11-16(26(47)50-7)24(53-22(11)33-10-49-6)40-38-18-13(3)42-44(20(18)31)28-35-29(37-30(36-28)52-9)45-21(32)19(14(4)43-45)39-41-25-17(27(48)51-8)12(2)23(54-25)34-15(5)46/h10H,31-32H2,1-9H3,(H,34,46). The summed E-state index contributed by atoms with van der Waals surface area (Å²) in [5, 5.41) is 30.0. The zero-order valence-corrected chi connectivity index (χ0v) is 31.9. The van der Waals surface area contributed by atoms with Gasteiger partial charge in [-0.1, -0.05) is 22.7 Å². The van der Waals surface area contributed by atoms with Crippen molar-refractivity contribution in [3.05, 3.63) is 33.6 Å². The highest BCUT2D eigenvalue weighted by molar-refractivity contribution is 7.20. The Morgan fingerprint density at radius 1 is 0.722 bits per heavy atom. The number of hydrogen-bond acceptors (Lipinski definition) is 21. The zero-order valence-electron chi connectivity index (χ0n) is 30.3. The van der Waals surface area contributed by atoms with Crippen LogP contribution in [0.5, 0.6) is 6.01 Å². The maximum atomic E-state index is 12.6. The fraction of sp³-hybridized carbons (Fsp3) is 0.300. The van der Waals surface area contributed by atoms with E-state index in [-0.39, 0.29) is 68.0 Å². The van der Waals surface area contributed by atoms with E-state index in [9.17, 15) is 14.4 Å². The van der Waals surface area contributed by atoms with Gasteiger partial charge < -0.3 is 35.7 Å². The summed E-state index contributed by atoms with van der Waals surface area (Å²) in [5.41, 5.74) is 15.2. The molecule has 24 heteroatoms. The highest BCUT2D eigenvalue weighted by Gasteiger charge is 2.26. The van der Waals surface area contributed by atoms with Gasteiger partial charge in [-0.3, -0.25) is 4.79 Å². The fourth-order valence-electron chi connectivity index (χ4n) is 4.75. The highest BCUT2D eigenvalue weighted by Crippen LogP contribution is 2.43. The van der Waals surface area contributed by atoms with Gasteiger partial charge in [-0.25, -0.2) is 14.6 Å². The topological polar surface area (TPSA) is 288 Å². The van der Waals surface area contributed by atoms with Gasteiger partial charge in [0.15, 0.2) is 39.4 Å². The number of azo groups is 2. The van der Waals surface area contributed by atoms with Crippen molar-refractivity contribution in [2.24, 2.45) is 25.4 Å². The van der Waals surface area contributed by atoms with Crippen LogP contribution in [0.2, 0.25) is 0 Å². The number of ether oxygens (including phenoxy) is 4. The number of carbonyl (C=O) groups is 3. The maximum Gasteiger partial charge on any atom is 0.341 e. The molecule has 282 valence electrons. The number of aliphatic imine (C=N–C) groups is 1. The van der Waals surface area contributed by atoms with Crippen molar-refractivity contribution in [3.63, 3.8) is 0 Å². The summed E-state index contributed by atoms with van der Waals surface area (Å²) in [5.74, 6) is -1.82. The van der Waals surface area contributed by atoms with Crippen LogP contribution in [0.25, 0.3) is 11.9 Å². The molecular weight excluding hydrogens is 747 g/mol. The first-order valence-electron chi connectivity index (χ1n) is 15.3. The Hall–Kier alpha value is -6.69. The molecule has 1 amide bonds. The molecule has 5 aromatic rings. The number of rotatable bonds is 12. The number of carbonyl (C=O) groups excluding carboxylic acids is 3. The highest BCUT2D eigenvalue weighted by atomic mass is 32.1. The Bertz CT molecular complexity index is 2370. The molecule has 0 fully saturated rings. The van der Waals surface area contributed by atoms with Gasteiger partial charge in [0.1, 0.15) is 21.1 Å². The number of thiophene rings is 2. The van der Waals surface area contributed by atoms with Crippen molar-refractivity contribution >= 4 is 89.9 Å². The molecule has 5 heterocycles. The molecule has 0 atom stereocenters. The molecule has 5 N–H and O–H groups in total. The van der Waals surface area contributed by atoms with E-state index in [0.29, 0.717) is 32.5 Å². The summed E-state index contributed by atoms with van der Waals surface area (Å²) < 4.78 is 22.5. The first-order valence-corrected chi connectivity index (χ1v) is 17.0. The Balaban J connectivity index is 1.53. The molecular formula is C30H33N15O7S2. The molecule has 0 saturated heterocycles. The number of nitrogens with two attached hydrogens (primary N) is 2. The Labute approximate surface area is 314 Å². The smallest absolute Gasteiger partial charge is 0.341 e. The summed E-state index contributed by atoms with van der Waals surface area (Å²) in [6, 6.07) is -0.135. The molecule has 0 saturated carbocycles. The van der Waals surface area contributed by atoms with Gasteiger partial charge in [-0.2, -0.15) is 34.5 Å². The molecule has 0 aliphatic rings. The van der Waals surface area contributed by atoms with Gasteiger partial charge >= 0.3 is 17.9 Å². The number of anilines is 3. The second kappa shape index (κ2) is 15.9. The Morgan fingerprint density at radius 2 is 1.22 bits per heavy atom. The van der Waals surface area contributed by atoms with Gasteiger partial charge in [0.25, 0.3) is 11.9 Å². The van der Waals surface area contributed by atoms with Crippen molar-refractivity contribution < 1.29 is 33.3 Å². The quantitative estimate of drug-likeness (QED) is 0.0615. The van der Waals surface area contributed by atoms with Gasteiger partial charge in [0, 0.05) is 18.1 Å². The predicted molar refractivity (Wildman–Crippen MR) is 198 cm³/mol. The lowest BCUT2D eigenvalue weighted by atomic mass is 10.2. The number of aryl methyl sites for hydroxylation is 2. The van der Waals surface area contributed by atoms with Crippen LogP contribution < -0.4 is 21.5 Å². The lowest BCUT2D eigenvalue weighted by Gasteiger charge is -2.08. The van der Waals surface area contributed by atoms with Gasteiger partial charge in [0.2, 0.25) is 5.91 Å².